The maximum atomic E-state index is 13.1. The minimum Gasteiger partial charge on any atom is -0.308 e. The molecular formula is C20H24N2O3S. The number of rotatable bonds is 4. The number of nitrogens with zero attached hydrogens (tertiary/aromatic N) is 2. The summed E-state index contributed by atoms with van der Waals surface area (Å²) in [6, 6.07) is 12.9. The Kier molecular flexibility index (Phi) is 5.05. The second-order valence-electron chi connectivity index (χ2n) is 6.63. The topological polar surface area (TPSA) is 57.7 Å². The van der Waals surface area contributed by atoms with Crippen LogP contribution in [0.5, 0.6) is 0 Å². The van der Waals surface area contributed by atoms with E-state index in [4.69, 9.17) is 0 Å². The van der Waals surface area contributed by atoms with E-state index in [9.17, 15) is 13.2 Å². The van der Waals surface area contributed by atoms with Crippen molar-refractivity contribution in [2.75, 3.05) is 28.0 Å². The van der Waals surface area contributed by atoms with Crippen molar-refractivity contribution < 1.29 is 13.2 Å². The molecule has 0 radical (unpaired) electrons. The lowest BCUT2D eigenvalue weighted by molar-refractivity contribution is 0.0988. The zero-order valence-corrected chi connectivity index (χ0v) is 16.2. The molecule has 2 aromatic carbocycles. The molecule has 0 N–H and O–H groups in total. The number of carbonyl (C=O) groups excluding carboxylic acids is 1. The Balaban J connectivity index is 1.96. The van der Waals surface area contributed by atoms with Gasteiger partial charge in [-0.2, -0.15) is 0 Å². The van der Waals surface area contributed by atoms with Gasteiger partial charge in [-0.25, -0.2) is 8.42 Å². The van der Waals surface area contributed by atoms with Crippen molar-refractivity contribution in [1.29, 1.82) is 0 Å². The summed E-state index contributed by atoms with van der Waals surface area (Å²) in [5.41, 5.74) is 4.06. The van der Waals surface area contributed by atoms with Crippen molar-refractivity contribution in [3.05, 3.63) is 59.2 Å². The van der Waals surface area contributed by atoms with Gasteiger partial charge in [0.2, 0.25) is 10.0 Å². The summed E-state index contributed by atoms with van der Waals surface area (Å²) in [4.78, 5) is 14.9. The highest BCUT2D eigenvalue weighted by atomic mass is 32.2. The first-order valence-electron chi connectivity index (χ1n) is 8.83. The Morgan fingerprint density at radius 2 is 1.92 bits per heavy atom. The van der Waals surface area contributed by atoms with Crippen LogP contribution in [0.25, 0.3) is 0 Å². The van der Waals surface area contributed by atoms with Crippen LogP contribution in [0.3, 0.4) is 0 Å². The van der Waals surface area contributed by atoms with E-state index in [0.29, 0.717) is 30.8 Å². The number of carbonyl (C=O) groups is 1. The monoisotopic (exact) mass is 372 g/mol. The smallest absolute Gasteiger partial charge is 0.258 e. The van der Waals surface area contributed by atoms with Crippen molar-refractivity contribution in [2.45, 2.75) is 27.2 Å². The third-order valence-electron chi connectivity index (χ3n) is 4.70. The number of anilines is 2. The molecule has 0 unspecified atom stereocenters. The van der Waals surface area contributed by atoms with E-state index in [0.717, 1.165) is 16.8 Å². The SMILES string of the molecule is CCN(C(=O)c1cccc(N2CCCS2(=O)=O)c1)c1cc(C)ccc1C. The van der Waals surface area contributed by atoms with E-state index >= 15 is 0 Å². The molecule has 2 aromatic rings. The summed E-state index contributed by atoms with van der Waals surface area (Å²) in [6.07, 6.45) is 0.615. The summed E-state index contributed by atoms with van der Waals surface area (Å²) in [5, 5.41) is 0. The summed E-state index contributed by atoms with van der Waals surface area (Å²) in [6.45, 7) is 6.93. The zero-order valence-electron chi connectivity index (χ0n) is 15.4. The Hall–Kier alpha value is -2.34. The molecule has 0 aromatic heterocycles. The van der Waals surface area contributed by atoms with Crippen LogP contribution in [-0.2, 0) is 10.0 Å². The van der Waals surface area contributed by atoms with E-state index in [2.05, 4.69) is 0 Å². The normalized spacial score (nSPS) is 15.9. The molecule has 1 amide bonds. The van der Waals surface area contributed by atoms with Gasteiger partial charge in [0.1, 0.15) is 0 Å². The molecule has 1 saturated heterocycles. The molecule has 1 aliphatic heterocycles. The number of benzene rings is 2. The molecule has 0 saturated carbocycles. The van der Waals surface area contributed by atoms with Gasteiger partial charge in [-0.3, -0.25) is 9.10 Å². The molecule has 1 fully saturated rings. The number of aryl methyl sites for hydroxylation is 2. The lowest BCUT2D eigenvalue weighted by Crippen LogP contribution is -2.32. The number of amides is 1. The third-order valence-corrected chi connectivity index (χ3v) is 6.57. The van der Waals surface area contributed by atoms with Crippen LogP contribution in [0.1, 0.15) is 34.8 Å². The minimum atomic E-state index is -3.26. The van der Waals surface area contributed by atoms with Crippen molar-refractivity contribution >= 4 is 27.3 Å². The first kappa shape index (κ1) is 18.5. The highest BCUT2D eigenvalue weighted by Gasteiger charge is 2.29. The molecule has 1 heterocycles. The van der Waals surface area contributed by atoms with Gasteiger partial charge >= 0.3 is 0 Å². The molecular weight excluding hydrogens is 348 g/mol. The summed E-state index contributed by atoms with van der Waals surface area (Å²) >= 11 is 0. The van der Waals surface area contributed by atoms with Crippen LogP contribution in [0, 0.1) is 13.8 Å². The van der Waals surface area contributed by atoms with Gasteiger partial charge in [0, 0.05) is 24.3 Å². The van der Waals surface area contributed by atoms with Crippen molar-refractivity contribution in [3.63, 3.8) is 0 Å². The van der Waals surface area contributed by atoms with E-state index in [1.165, 1.54) is 4.31 Å². The molecule has 0 atom stereocenters. The van der Waals surface area contributed by atoms with Gasteiger partial charge in [-0.15, -0.1) is 0 Å². The van der Waals surface area contributed by atoms with Gasteiger partial charge in [-0.1, -0.05) is 18.2 Å². The molecule has 0 bridgehead atoms. The molecule has 26 heavy (non-hydrogen) atoms. The second-order valence-corrected chi connectivity index (χ2v) is 8.64. The van der Waals surface area contributed by atoms with Crippen LogP contribution in [-0.4, -0.2) is 33.2 Å². The molecule has 0 spiro atoms. The average Bonchev–Trinajstić information content (AvgIpc) is 2.97. The Labute approximate surface area is 155 Å². The van der Waals surface area contributed by atoms with Crippen molar-refractivity contribution in [3.8, 4) is 0 Å². The fourth-order valence-electron chi connectivity index (χ4n) is 3.31. The van der Waals surface area contributed by atoms with Gasteiger partial charge in [0.25, 0.3) is 5.91 Å². The summed E-state index contributed by atoms with van der Waals surface area (Å²) in [7, 11) is -3.26. The van der Waals surface area contributed by atoms with Crippen LogP contribution in [0.4, 0.5) is 11.4 Å². The Morgan fingerprint density at radius 1 is 1.15 bits per heavy atom. The molecule has 5 nitrogen and oxygen atoms in total. The molecule has 6 heteroatoms. The molecule has 138 valence electrons. The third kappa shape index (κ3) is 3.46. The average molecular weight is 372 g/mol. The fraction of sp³-hybridized carbons (Fsp3) is 0.350. The summed E-state index contributed by atoms with van der Waals surface area (Å²) in [5.74, 6) is 0.0361. The van der Waals surface area contributed by atoms with E-state index in [1.807, 2.05) is 39.0 Å². The Morgan fingerprint density at radius 3 is 2.58 bits per heavy atom. The van der Waals surface area contributed by atoms with Crippen LogP contribution >= 0.6 is 0 Å². The predicted molar refractivity (Wildman–Crippen MR) is 105 cm³/mol. The minimum absolute atomic E-state index is 0.125. The van der Waals surface area contributed by atoms with E-state index < -0.39 is 10.0 Å². The van der Waals surface area contributed by atoms with E-state index in [-0.39, 0.29) is 11.7 Å². The maximum Gasteiger partial charge on any atom is 0.258 e. The quantitative estimate of drug-likeness (QED) is 0.825. The molecule has 1 aliphatic rings. The standard InChI is InChI=1S/C20H24N2O3S/c1-4-21(19-13-15(2)9-10-16(19)3)20(23)17-7-5-8-18(14-17)22-11-6-12-26(22,24)25/h5,7-10,13-14H,4,6,11-12H2,1-3H3. The number of sulfonamides is 1. The van der Waals surface area contributed by atoms with Crippen molar-refractivity contribution in [1.82, 2.24) is 0 Å². The highest BCUT2D eigenvalue weighted by Crippen LogP contribution is 2.27. The van der Waals surface area contributed by atoms with Gasteiger partial charge in [0.15, 0.2) is 0 Å². The second kappa shape index (κ2) is 7.11. The maximum absolute atomic E-state index is 13.1. The zero-order chi connectivity index (χ0) is 18.9. The van der Waals surface area contributed by atoms with Crippen LogP contribution in [0.15, 0.2) is 42.5 Å². The van der Waals surface area contributed by atoms with Gasteiger partial charge < -0.3 is 4.90 Å². The number of hydrogen-bond donors (Lipinski definition) is 0. The Bertz CT molecular complexity index is 938. The first-order chi connectivity index (χ1) is 12.3. The van der Waals surface area contributed by atoms with Gasteiger partial charge in [0.05, 0.1) is 11.4 Å². The summed E-state index contributed by atoms with van der Waals surface area (Å²) < 4.78 is 25.7. The van der Waals surface area contributed by atoms with Gasteiger partial charge in [-0.05, 0) is 62.6 Å². The van der Waals surface area contributed by atoms with Crippen molar-refractivity contribution in [2.24, 2.45) is 0 Å². The lowest BCUT2D eigenvalue weighted by Gasteiger charge is -2.24. The largest absolute Gasteiger partial charge is 0.308 e. The molecule has 3 rings (SSSR count). The number of hydrogen-bond acceptors (Lipinski definition) is 3. The fourth-order valence-corrected chi connectivity index (χ4v) is 4.87. The molecule has 0 aliphatic carbocycles. The lowest BCUT2D eigenvalue weighted by atomic mass is 10.1. The highest BCUT2D eigenvalue weighted by molar-refractivity contribution is 7.93. The first-order valence-corrected chi connectivity index (χ1v) is 10.4. The predicted octanol–water partition coefficient (Wildman–Crippen LogP) is 3.51. The van der Waals surface area contributed by atoms with Crippen LogP contribution < -0.4 is 9.21 Å². The van der Waals surface area contributed by atoms with E-state index in [1.54, 1.807) is 29.2 Å². The van der Waals surface area contributed by atoms with Crippen LogP contribution in [0.2, 0.25) is 0 Å².